The Balaban J connectivity index is 1.54. The number of aromatic nitrogens is 2. The minimum absolute atomic E-state index is 0.393. The fraction of sp³-hybridized carbons (Fsp3) is 0.444. The fourth-order valence-corrected chi connectivity index (χ4v) is 3.62. The lowest BCUT2D eigenvalue weighted by Gasteiger charge is -2.18. The first-order valence-corrected chi connectivity index (χ1v) is 8.36. The van der Waals surface area contributed by atoms with Gasteiger partial charge in [-0.2, -0.15) is 4.98 Å². The number of likely N-dealkylation sites (N-methyl/N-ethyl adjacent to an activating group) is 1. The molecular weight excluding hydrogens is 286 g/mol. The highest BCUT2D eigenvalue weighted by Crippen LogP contribution is 2.54. The number of anilines is 2. The highest BCUT2D eigenvalue weighted by Gasteiger charge is 2.41. The van der Waals surface area contributed by atoms with E-state index in [9.17, 15) is 0 Å². The number of nitrogen functional groups attached to an aromatic ring is 1. The van der Waals surface area contributed by atoms with Crippen LogP contribution in [0.25, 0.3) is 0 Å². The lowest BCUT2D eigenvalue weighted by atomic mass is 10.1. The molecule has 1 aliphatic carbocycles. The van der Waals surface area contributed by atoms with Crippen molar-refractivity contribution in [1.82, 2.24) is 15.3 Å². The van der Waals surface area contributed by atoms with Crippen LogP contribution in [0, 0.1) is 0 Å². The number of rotatable bonds is 4. The molecule has 1 aromatic carbocycles. The zero-order valence-electron chi connectivity index (χ0n) is 13.4. The lowest BCUT2D eigenvalue weighted by molar-refractivity contribution is 0.616. The highest BCUT2D eigenvalue weighted by atomic mass is 15.2. The number of nitrogens with two attached hydrogens (primary N) is 1. The SMILES string of the molecule is CNC1CCN(c2cc([C@@H]3CC3c3ccccc3)nc(N)n2)C1. The molecule has 0 radical (unpaired) electrons. The topological polar surface area (TPSA) is 67.1 Å². The maximum Gasteiger partial charge on any atom is 0.222 e. The monoisotopic (exact) mass is 309 g/mol. The fourth-order valence-electron chi connectivity index (χ4n) is 3.62. The Labute approximate surface area is 136 Å². The third-order valence-electron chi connectivity index (χ3n) is 5.07. The zero-order chi connectivity index (χ0) is 15.8. The van der Waals surface area contributed by atoms with Gasteiger partial charge in [-0.15, -0.1) is 0 Å². The van der Waals surface area contributed by atoms with Gasteiger partial charge in [-0.3, -0.25) is 0 Å². The van der Waals surface area contributed by atoms with Crippen LogP contribution in [-0.2, 0) is 0 Å². The number of hydrogen-bond acceptors (Lipinski definition) is 5. The second kappa shape index (κ2) is 5.81. The van der Waals surface area contributed by atoms with Crippen LogP contribution in [0.1, 0.15) is 35.9 Å². The first-order chi connectivity index (χ1) is 11.2. The second-order valence-corrected chi connectivity index (χ2v) is 6.59. The van der Waals surface area contributed by atoms with E-state index in [1.165, 1.54) is 5.56 Å². The minimum atomic E-state index is 0.393. The molecular formula is C18H23N5. The molecule has 1 aliphatic heterocycles. The summed E-state index contributed by atoms with van der Waals surface area (Å²) in [5.41, 5.74) is 8.47. The zero-order valence-corrected chi connectivity index (χ0v) is 13.4. The Bertz CT molecular complexity index is 687. The summed E-state index contributed by atoms with van der Waals surface area (Å²) in [5.74, 6) is 2.42. The number of hydrogen-bond donors (Lipinski definition) is 2. The summed E-state index contributed by atoms with van der Waals surface area (Å²) in [6.07, 6.45) is 2.30. The molecule has 0 bridgehead atoms. The van der Waals surface area contributed by atoms with Gasteiger partial charge in [0.2, 0.25) is 5.95 Å². The molecule has 3 atom stereocenters. The van der Waals surface area contributed by atoms with E-state index in [4.69, 9.17) is 5.73 Å². The molecule has 2 heterocycles. The molecule has 2 aliphatic rings. The van der Waals surface area contributed by atoms with Crippen molar-refractivity contribution in [2.75, 3.05) is 30.8 Å². The predicted octanol–water partition coefficient (Wildman–Crippen LogP) is 2.13. The molecule has 23 heavy (non-hydrogen) atoms. The van der Waals surface area contributed by atoms with Crippen LogP contribution in [0.4, 0.5) is 11.8 Å². The van der Waals surface area contributed by atoms with Crippen molar-refractivity contribution < 1.29 is 0 Å². The Morgan fingerprint density at radius 3 is 2.74 bits per heavy atom. The summed E-state index contributed by atoms with van der Waals surface area (Å²) in [6.45, 7) is 2.01. The van der Waals surface area contributed by atoms with Gasteiger partial charge < -0.3 is 16.0 Å². The Kier molecular flexibility index (Phi) is 3.65. The van der Waals surface area contributed by atoms with Crippen molar-refractivity contribution in [3.8, 4) is 0 Å². The van der Waals surface area contributed by atoms with Crippen molar-refractivity contribution in [2.24, 2.45) is 0 Å². The molecule has 1 saturated carbocycles. The predicted molar refractivity (Wildman–Crippen MR) is 92.7 cm³/mol. The van der Waals surface area contributed by atoms with E-state index in [1.54, 1.807) is 0 Å². The second-order valence-electron chi connectivity index (χ2n) is 6.59. The maximum atomic E-state index is 5.98. The molecule has 4 rings (SSSR count). The van der Waals surface area contributed by atoms with Gasteiger partial charge in [0.25, 0.3) is 0 Å². The molecule has 5 nitrogen and oxygen atoms in total. The quantitative estimate of drug-likeness (QED) is 0.905. The average Bonchev–Trinajstić information content (AvgIpc) is 3.24. The van der Waals surface area contributed by atoms with Crippen LogP contribution >= 0.6 is 0 Å². The molecule has 2 fully saturated rings. The van der Waals surface area contributed by atoms with Gasteiger partial charge in [0.05, 0.1) is 5.69 Å². The van der Waals surface area contributed by atoms with Gasteiger partial charge >= 0.3 is 0 Å². The molecule has 1 aromatic heterocycles. The summed E-state index contributed by atoms with van der Waals surface area (Å²) in [6, 6.07) is 13.4. The molecule has 120 valence electrons. The van der Waals surface area contributed by atoms with Gasteiger partial charge in [-0.1, -0.05) is 30.3 Å². The molecule has 0 amide bonds. The van der Waals surface area contributed by atoms with E-state index in [2.05, 4.69) is 56.6 Å². The maximum absolute atomic E-state index is 5.98. The molecule has 5 heteroatoms. The number of benzene rings is 1. The molecule has 2 unspecified atom stereocenters. The van der Waals surface area contributed by atoms with E-state index in [1.807, 2.05) is 7.05 Å². The molecule has 1 saturated heterocycles. The van der Waals surface area contributed by atoms with Gasteiger partial charge in [-0.05, 0) is 31.4 Å². The number of nitrogens with zero attached hydrogens (tertiary/aromatic N) is 3. The molecule has 3 N–H and O–H groups in total. The van der Waals surface area contributed by atoms with Gasteiger partial charge in [-0.25, -0.2) is 4.98 Å². The third kappa shape index (κ3) is 2.88. The standard InChI is InChI=1S/C18H23N5/c1-20-13-7-8-23(11-13)17-10-16(21-18(19)22-17)15-9-14(15)12-5-3-2-4-6-12/h2-6,10,13-15,20H,7-9,11H2,1H3,(H2,19,21,22)/t13?,14?,15-/m1/s1. The summed E-state index contributed by atoms with van der Waals surface area (Å²) < 4.78 is 0. The molecule has 0 spiro atoms. The first kappa shape index (κ1) is 14.5. The van der Waals surface area contributed by atoms with Crippen molar-refractivity contribution in [2.45, 2.75) is 30.7 Å². The summed E-state index contributed by atoms with van der Waals surface area (Å²) in [5, 5.41) is 3.34. The first-order valence-electron chi connectivity index (χ1n) is 8.36. The van der Waals surface area contributed by atoms with Gasteiger partial charge in [0.15, 0.2) is 0 Å². The van der Waals surface area contributed by atoms with Crippen LogP contribution < -0.4 is 16.0 Å². The van der Waals surface area contributed by atoms with Gasteiger partial charge in [0, 0.05) is 31.1 Å². The van der Waals surface area contributed by atoms with E-state index in [0.717, 1.165) is 37.4 Å². The van der Waals surface area contributed by atoms with E-state index in [0.29, 0.717) is 23.8 Å². The normalized spacial score (nSPS) is 26.5. The Morgan fingerprint density at radius 2 is 2.00 bits per heavy atom. The van der Waals surface area contributed by atoms with E-state index in [-0.39, 0.29) is 0 Å². The largest absolute Gasteiger partial charge is 0.368 e. The Hall–Kier alpha value is -2.14. The van der Waals surface area contributed by atoms with Crippen LogP contribution in [-0.4, -0.2) is 36.1 Å². The smallest absolute Gasteiger partial charge is 0.222 e. The van der Waals surface area contributed by atoms with E-state index < -0.39 is 0 Å². The van der Waals surface area contributed by atoms with Crippen molar-refractivity contribution in [3.05, 3.63) is 47.7 Å². The summed E-state index contributed by atoms with van der Waals surface area (Å²) in [4.78, 5) is 11.3. The van der Waals surface area contributed by atoms with Crippen molar-refractivity contribution in [1.29, 1.82) is 0 Å². The summed E-state index contributed by atoms with van der Waals surface area (Å²) >= 11 is 0. The molecule has 2 aromatic rings. The van der Waals surface area contributed by atoms with E-state index >= 15 is 0 Å². The van der Waals surface area contributed by atoms with Crippen LogP contribution in [0.15, 0.2) is 36.4 Å². The number of nitrogens with one attached hydrogen (secondary N) is 1. The van der Waals surface area contributed by atoms with Crippen LogP contribution in [0.2, 0.25) is 0 Å². The van der Waals surface area contributed by atoms with Crippen molar-refractivity contribution in [3.63, 3.8) is 0 Å². The minimum Gasteiger partial charge on any atom is -0.368 e. The van der Waals surface area contributed by atoms with Gasteiger partial charge in [0.1, 0.15) is 5.82 Å². The lowest BCUT2D eigenvalue weighted by Crippen LogP contribution is -2.30. The Morgan fingerprint density at radius 1 is 1.17 bits per heavy atom. The van der Waals surface area contributed by atoms with Crippen molar-refractivity contribution >= 4 is 11.8 Å². The summed E-state index contributed by atoms with van der Waals surface area (Å²) in [7, 11) is 2.02. The van der Waals surface area contributed by atoms with Crippen LogP contribution in [0.3, 0.4) is 0 Å². The highest BCUT2D eigenvalue weighted by molar-refractivity contribution is 5.47. The average molecular weight is 309 g/mol. The third-order valence-corrected chi connectivity index (χ3v) is 5.07. The van der Waals surface area contributed by atoms with Crippen LogP contribution in [0.5, 0.6) is 0 Å².